The second kappa shape index (κ2) is 5.85. The first-order valence-corrected chi connectivity index (χ1v) is 8.34. The van der Waals surface area contributed by atoms with Crippen LogP contribution in [0.15, 0.2) is 22.8 Å². The second-order valence-electron chi connectivity index (χ2n) is 6.56. The number of H-pyrrole nitrogens is 1. The van der Waals surface area contributed by atoms with Crippen molar-refractivity contribution in [2.24, 2.45) is 0 Å². The van der Waals surface area contributed by atoms with Gasteiger partial charge in [-0.05, 0) is 31.9 Å². The van der Waals surface area contributed by atoms with Crippen LogP contribution < -0.4 is 0 Å². The predicted molar refractivity (Wildman–Crippen MR) is 84.8 cm³/mol. The van der Waals surface area contributed by atoms with E-state index in [1.165, 1.54) is 0 Å². The van der Waals surface area contributed by atoms with Gasteiger partial charge in [0.15, 0.2) is 5.69 Å². The molecule has 1 saturated heterocycles. The van der Waals surface area contributed by atoms with Crippen LogP contribution in [0.25, 0.3) is 0 Å². The SMILES string of the molecule is C[C@@H]1CCCN1C(=O)c1n[nH]c2c1CN(Cc1ccco1)CC2. The number of hydrogen-bond acceptors (Lipinski definition) is 4. The number of carbonyl (C=O) groups is 1. The number of aromatic nitrogens is 2. The largest absolute Gasteiger partial charge is 0.468 e. The van der Waals surface area contributed by atoms with Gasteiger partial charge in [-0.15, -0.1) is 0 Å². The lowest BCUT2D eigenvalue weighted by atomic mass is 10.0. The number of furan rings is 1. The Morgan fingerprint density at radius 3 is 3.13 bits per heavy atom. The molecule has 6 heteroatoms. The molecule has 23 heavy (non-hydrogen) atoms. The Labute approximate surface area is 135 Å². The van der Waals surface area contributed by atoms with Crippen molar-refractivity contribution in [3.05, 3.63) is 41.1 Å². The van der Waals surface area contributed by atoms with Gasteiger partial charge in [-0.1, -0.05) is 0 Å². The lowest BCUT2D eigenvalue weighted by Crippen LogP contribution is -2.36. The van der Waals surface area contributed by atoms with Gasteiger partial charge in [0.25, 0.3) is 5.91 Å². The molecule has 1 N–H and O–H groups in total. The van der Waals surface area contributed by atoms with Gasteiger partial charge in [-0.2, -0.15) is 5.10 Å². The van der Waals surface area contributed by atoms with E-state index in [0.29, 0.717) is 11.7 Å². The summed E-state index contributed by atoms with van der Waals surface area (Å²) >= 11 is 0. The van der Waals surface area contributed by atoms with Crippen LogP contribution in [0.3, 0.4) is 0 Å². The average Bonchev–Trinajstić information content (AvgIpc) is 3.27. The molecule has 1 amide bonds. The zero-order valence-corrected chi connectivity index (χ0v) is 13.4. The Bertz CT molecular complexity index is 692. The summed E-state index contributed by atoms with van der Waals surface area (Å²) in [5.74, 6) is 1.03. The monoisotopic (exact) mass is 314 g/mol. The van der Waals surface area contributed by atoms with E-state index in [-0.39, 0.29) is 5.91 Å². The highest BCUT2D eigenvalue weighted by Gasteiger charge is 2.32. The molecule has 0 radical (unpaired) electrons. The minimum atomic E-state index is 0.0762. The highest BCUT2D eigenvalue weighted by Crippen LogP contribution is 2.25. The highest BCUT2D eigenvalue weighted by atomic mass is 16.3. The third-order valence-corrected chi connectivity index (χ3v) is 4.99. The molecule has 0 bridgehead atoms. The summed E-state index contributed by atoms with van der Waals surface area (Å²) in [7, 11) is 0. The van der Waals surface area contributed by atoms with Crippen molar-refractivity contribution in [2.75, 3.05) is 13.1 Å². The molecule has 0 aliphatic carbocycles. The number of carbonyl (C=O) groups excluding carboxylic acids is 1. The van der Waals surface area contributed by atoms with Crippen molar-refractivity contribution in [1.82, 2.24) is 20.0 Å². The molecular formula is C17H22N4O2. The zero-order valence-electron chi connectivity index (χ0n) is 13.4. The molecule has 2 aliphatic heterocycles. The Kier molecular flexibility index (Phi) is 3.69. The van der Waals surface area contributed by atoms with Crippen LogP contribution in [0.4, 0.5) is 0 Å². The number of amides is 1. The van der Waals surface area contributed by atoms with Gasteiger partial charge in [0.1, 0.15) is 5.76 Å². The first-order chi connectivity index (χ1) is 11.2. The molecule has 2 aromatic heterocycles. The summed E-state index contributed by atoms with van der Waals surface area (Å²) in [4.78, 5) is 17.1. The van der Waals surface area contributed by atoms with Gasteiger partial charge < -0.3 is 9.32 Å². The molecule has 6 nitrogen and oxygen atoms in total. The third-order valence-electron chi connectivity index (χ3n) is 4.99. The van der Waals surface area contributed by atoms with Crippen molar-refractivity contribution in [3.8, 4) is 0 Å². The number of hydrogen-bond donors (Lipinski definition) is 1. The predicted octanol–water partition coefficient (Wildman–Crippen LogP) is 2.19. The van der Waals surface area contributed by atoms with Crippen molar-refractivity contribution in [2.45, 2.75) is 45.3 Å². The van der Waals surface area contributed by atoms with Crippen molar-refractivity contribution in [3.63, 3.8) is 0 Å². The van der Waals surface area contributed by atoms with Crippen LogP contribution >= 0.6 is 0 Å². The molecule has 0 aromatic carbocycles. The van der Waals surface area contributed by atoms with Crippen LogP contribution in [-0.4, -0.2) is 45.0 Å². The Morgan fingerprint density at radius 1 is 1.48 bits per heavy atom. The molecule has 0 unspecified atom stereocenters. The fraction of sp³-hybridized carbons (Fsp3) is 0.529. The minimum absolute atomic E-state index is 0.0762. The molecule has 1 fully saturated rings. The van der Waals surface area contributed by atoms with Crippen LogP contribution in [0.2, 0.25) is 0 Å². The van der Waals surface area contributed by atoms with Gasteiger partial charge in [0.2, 0.25) is 0 Å². The highest BCUT2D eigenvalue weighted by molar-refractivity contribution is 5.94. The Morgan fingerprint density at radius 2 is 2.39 bits per heavy atom. The number of nitrogens with zero attached hydrogens (tertiary/aromatic N) is 3. The molecule has 4 heterocycles. The summed E-state index contributed by atoms with van der Waals surface area (Å²) in [6.07, 6.45) is 4.77. The van der Waals surface area contributed by atoms with E-state index in [9.17, 15) is 4.79 Å². The smallest absolute Gasteiger partial charge is 0.274 e. The van der Waals surface area contributed by atoms with Gasteiger partial charge >= 0.3 is 0 Å². The van der Waals surface area contributed by atoms with E-state index in [1.807, 2.05) is 17.0 Å². The average molecular weight is 314 g/mol. The summed E-state index contributed by atoms with van der Waals surface area (Å²) < 4.78 is 5.44. The number of nitrogens with one attached hydrogen (secondary N) is 1. The van der Waals surface area contributed by atoms with E-state index >= 15 is 0 Å². The summed E-state index contributed by atoms with van der Waals surface area (Å²) in [6, 6.07) is 4.22. The van der Waals surface area contributed by atoms with E-state index in [1.54, 1.807) is 6.26 Å². The lowest BCUT2D eigenvalue weighted by Gasteiger charge is -2.27. The molecule has 2 aliphatic rings. The van der Waals surface area contributed by atoms with Gasteiger partial charge in [0.05, 0.1) is 12.8 Å². The van der Waals surface area contributed by atoms with E-state index in [2.05, 4.69) is 22.0 Å². The summed E-state index contributed by atoms with van der Waals surface area (Å²) in [5.41, 5.74) is 2.78. The maximum absolute atomic E-state index is 12.8. The minimum Gasteiger partial charge on any atom is -0.468 e. The van der Waals surface area contributed by atoms with Crippen LogP contribution in [-0.2, 0) is 19.5 Å². The zero-order chi connectivity index (χ0) is 15.8. The maximum atomic E-state index is 12.8. The fourth-order valence-corrected chi connectivity index (χ4v) is 3.66. The second-order valence-corrected chi connectivity index (χ2v) is 6.56. The number of fused-ring (bicyclic) bond motifs is 1. The van der Waals surface area contributed by atoms with Crippen LogP contribution in [0, 0.1) is 0 Å². The lowest BCUT2D eigenvalue weighted by molar-refractivity contribution is 0.0738. The van der Waals surface area contributed by atoms with Gasteiger partial charge in [-0.25, -0.2) is 0 Å². The standard InChI is InChI=1S/C17H22N4O2/c1-12-4-2-7-21(12)17(22)16-14-11-20(8-6-15(14)18-19-16)10-13-5-3-9-23-13/h3,5,9,12H,2,4,6-8,10-11H2,1H3,(H,18,19)/t12-/m1/s1. The van der Waals surface area contributed by atoms with Crippen molar-refractivity contribution in [1.29, 1.82) is 0 Å². The van der Waals surface area contributed by atoms with E-state index in [4.69, 9.17) is 4.42 Å². The molecule has 1 atom stereocenters. The molecule has 4 rings (SSSR count). The van der Waals surface area contributed by atoms with Crippen molar-refractivity contribution < 1.29 is 9.21 Å². The Balaban J connectivity index is 1.53. The van der Waals surface area contributed by atoms with Gasteiger partial charge in [-0.3, -0.25) is 14.8 Å². The molecule has 2 aromatic rings. The molecular weight excluding hydrogens is 292 g/mol. The quantitative estimate of drug-likeness (QED) is 0.943. The van der Waals surface area contributed by atoms with E-state index in [0.717, 1.165) is 62.5 Å². The normalized spacial score (nSPS) is 21.6. The molecule has 122 valence electrons. The topological polar surface area (TPSA) is 65.4 Å². The summed E-state index contributed by atoms with van der Waals surface area (Å²) in [6.45, 7) is 5.43. The summed E-state index contributed by atoms with van der Waals surface area (Å²) in [5, 5.41) is 7.42. The maximum Gasteiger partial charge on any atom is 0.274 e. The van der Waals surface area contributed by atoms with Gasteiger partial charge in [0, 0.05) is 43.4 Å². The third kappa shape index (κ3) is 2.67. The van der Waals surface area contributed by atoms with Crippen LogP contribution in [0.5, 0.6) is 0 Å². The fourth-order valence-electron chi connectivity index (χ4n) is 3.66. The number of likely N-dealkylation sites (tertiary alicyclic amines) is 1. The first kappa shape index (κ1) is 14.5. The molecule has 0 saturated carbocycles. The van der Waals surface area contributed by atoms with Crippen molar-refractivity contribution >= 4 is 5.91 Å². The molecule has 0 spiro atoms. The van der Waals surface area contributed by atoms with E-state index < -0.39 is 0 Å². The number of rotatable bonds is 3. The van der Waals surface area contributed by atoms with Crippen LogP contribution in [0.1, 0.15) is 47.3 Å². The first-order valence-electron chi connectivity index (χ1n) is 8.34. The Hall–Kier alpha value is -2.08. The number of aromatic amines is 1.